The second-order valence-electron chi connectivity index (χ2n) is 10.2. The van der Waals surface area contributed by atoms with Gasteiger partial charge in [0, 0.05) is 31.0 Å². The van der Waals surface area contributed by atoms with Crippen LogP contribution in [0.3, 0.4) is 0 Å². The summed E-state index contributed by atoms with van der Waals surface area (Å²) in [5, 5.41) is 14.3. The largest absolute Gasteiger partial charge is 0.496 e. The molecule has 3 amide bonds. The first-order chi connectivity index (χ1) is 17.1. The van der Waals surface area contributed by atoms with E-state index in [-0.39, 0.29) is 24.9 Å². The van der Waals surface area contributed by atoms with Crippen molar-refractivity contribution in [3.63, 3.8) is 0 Å². The van der Waals surface area contributed by atoms with Gasteiger partial charge in [0.05, 0.1) is 18.7 Å². The van der Waals surface area contributed by atoms with Crippen LogP contribution in [-0.2, 0) is 20.8 Å². The molecule has 2 fully saturated rings. The lowest BCUT2D eigenvalue weighted by atomic mass is 9.75. The third-order valence-electron chi connectivity index (χ3n) is 6.59. The van der Waals surface area contributed by atoms with Crippen LogP contribution in [0.15, 0.2) is 18.2 Å². The molecule has 1 saturated heterocycles. The second kappa shape index (κ2) is 11.5. The number of likely N-dealkylation sites (tertiary alicyclic amines) is 1. The Morgan fingerprint density at radius 3 is 2.44 bits per heavy atom. The fourth-order valence-electron chi connectivity index (χ4n) is 4.83. The number of alkyl carbamates (subject to hydrolysis) is 2. The Kier molecular flexibility index (Phi) is 8.66. The Hall–Kier alpha value is -3.48. The van der Waals surface area contributed by atoms with Crippen LogP contribution in [0, 0.1) is 17.2 Å². The molecule has 2 N–H and O–H groups in total. The SMILES string of the molecule is COc1cc(C#N)ccc1CNC(=O)OC1(C2CCCCC2)CCN1C(=O)CNC(=O)OC(C)(C)C. The third-order valence-corrected chi connectivity index (χ3v) is 6.59. The van der Waals surface area contributed by atoms with Crippen LogP contribution in [-0.4, -0.2) is 54.5 Å². The molecule has 3 rings (SSSR count). The van der Waals surface area contributed by atoms with Gasteiger partial charge >= 0.3 is 12.2 Å². The number of amides is 3. The second-order valence-corrected chi connectivity index (χ2v) is 10.2. The van der Waals surface area contributed by atoms with Crippen LogP contribution in [0.1, 0.15) is 70.4 Å². The van der Waals surface area contributed by atoms with Crippen molar-refractivity contribution in [2.24, 2.45) is 5.92 Å². The van der Waals surface area contributed by atoms with E-state index in [9.17, 15) is 14.4 Å². The zero-order valence-electron chi connectivity index (χ0n) is 21.5. The summed E-state index contributed by atoms with van der Waals surface area (Å²) in [6, 6.07) is 7.03. The van der Waals surface area contributed by atoms with E-state index >= 15 is 0 Å². The number of methoxy groups -OCH3 is 1. The van der Waals surface area contributed by atoms with E-state index in [1.54, 1.807) is 43.9 Å². The zero-order chi connectivity index (χ0) is 26.3. The highest BCUT2D eigenvalue weighted by Gasteiger charge is 2.56. The number of ether oxygens (including phenoxy) is 3. The standard InChI is InChI=1S/C26H36N4O6/c1-25(2,3)35-23(32)29-17-22(31)30-13-12-26(30,20-8-6-5-7-9-20)36-24(33)28-16-19-11-10-18(15-27)14-21(19)34-4/h10-11,14,20H,5-9,12-13,16-17H2,1-4H3,(H,28,33)(H,29,32). The predicted octanol–water partition coefficient (Wildman–Crippen LogP) is 3.83. The topological polar surface area (TPSA) is 130 Å². The van der Waals surface area contributed by atoms with E-state index in [0.717, 1.165) is 32.1 Å². The van der Waals surface area contributed by atoms with Gasteiger partial charge in [-0.05, 0) is 45.7 Å². The van der Waals surface area contributed by atoms with Gasteiger partial charge in [-0.1, -0.05) is 25.3 Å². The number of nitrogens with zero attached hydrogens (tertiary/aromatic N) is 2. The number of benzene rings is 1. The molecule has 2 aliphatic rings. The fraction of sp³-hybridized carbons (Fsp3) is 0.615. The van der Waals surface area contributed by atoms with Gasteiger partial charge in [-0.3, -0.25) is 4.79 Å². The number of hydrogen-bond acceptors (Lipinski definition) is 7. The number of carbonyl (C=O) groups is 3. The smallest absolute Gasteiger partial charge is 0.409 e. The number of rotatable bonds is 7. The molecule has 1 aromatic carbocycles. The summed E-state index contributed by atoms with van der Waals surface area (Å²) in [5.41, 5.74) is -0.554. The number of nitrogens with one attached hydrogen (secondary N) is 2. The quantitative estimate of drug-likeness (QED) is 0.582. The molecule has 1 heterocycles. The van der Waals surface area contributed by atoms with Crippen molar-refractivity contribution in [1.82, 2.24) is 15.5 Å². The monoisotopic (exact) mass is 500 g/mol. The molecule has 1 aromatic rings. The van der Waals surface area contributed by atoms with Gasteiger partial charge < -0.3 is 29.7 Å². The average Bonchev–Trinajstić information content (AvgIpc) is 2.83. The van der Waals surface area contributed by atoms with Crippen molar-refractivity contribution in [3.05, 3.63) is 29.3 Å². The summed E-state index contributed by atoms with van der Waals surface area (Å²) >= 11 is 0. The van der Waals surface area contributed by atoms with E-state index < -0.39 is 23.5 Å². The molecule has 1 unspecified atom stereocenters. The fourth-order valence-corrected chi connectivity index (χ4v) is 4.83. The van der Waals surface area contributed by atoms with Crippen molar-refractivity contribution in [2.45, 2.75) is 77.2 Å². The average molecular weight is 501 g/mol. The minimum Gasteiger partial charge on any atom is -0.496 e. The summed E-state index contributed by atoms with van der Waals surface area (Å²) in [6.45, 7) is 5.59. The molecule has 1 aliphatic heterocycles. The molecule has 196 valence electrons. The van der Waals surface area contributed by atoms with Gasteiger partial charge in [0.2, 0.25) is 5.91 Å². The van der Waals surface area contributed by atoms with E-state index in [1.165, 1.54) is 7.11 Å². The Morgan fingerprint density at radius 1 is 1.14 bits per heavy atom. The van der Waals surface area contributed by atoms with Crippen molar-refractivity contribution in [2.75, 3.05) is 20.2 Å². The van der Waals surface area contributed by atoms with Crippen molar-refractivity contribution in [1.29, 1.82) is 5.26 Å². The number of hydrogen-bond donors (Lipinski definition) is 2. The van der Waals surface area contributed by atoms with E-state index in [2.05, 4.69) is 16.7 Å². The van der Waals surface area contributed by atoms with E-state index in [4.69, 9.17) is 19.5 Å². The van der Waals surface area contributed by atoms with Crippen LogP contribution >= 0.6 is 0 Å². The molecule has 10 nitrogen and oxygen atoms in total. The lowest BCUT2D eigenvalue weighted by Gasteiger charge is -2.55. The molecule has 1 aliphatic carbocycles. The summed E-state index contributed by atoms with van der Waals surface area (Å²) in [6.07, 6.45) is 4.10. The maximum absolute atomic E-state index is 13.1. The van der Waals surface area contributed by atoms with Gasteiger partial charge in [-0.2, -0.15) is 5.26 Å². The number of carbonyl (C=O) groups excluding carboxylic acids is 3. The van der Waals surface area contributed by atoms with Crippen LogP contribution in [0.4, 0.5) is 9.59 Å². The summed E-state index contributed by atoms with van der Waals surface area (Å²) in [4.78, 5) is 39.6. The minimum atomic E-state index is -1.04. The van der Waals surface area contributed by atoms with Gasteiger partial charge in [0.1, 0.15) is 17.9 Å². The normalized spacial score (nSPS) is 19.9. The molecule has 36 heavy (non-hydrogen) atoms. The first-order valence-electron chi connectivity index (χ1n) is 12.4. The molecule has 10 heteroatoms. The van der Waals surface area contributed by atoms with Crippen LogP contribution in [0.5, 0.6) is 5.75 Å². The Morgan fingerprint density at radius 2 is 1.86 bits per heavy atom. The molecule has 1 saturated carbocycles. The Bertz CT molecular complexity index is 1010. The van der Waals surface area contributed by atoms with Crippen LogP contribution in [0.2, 0.25) is 0 Å². The molecular weight excluding hydrogens is 464 g/mol. The summed E-state index contributed by atoms with van der Waals surface area (Å²) < 4.78 is 16.5. The Labute approximate surface area is 212 Å². The lowest BCUT2D eigenvalue weighted by molar-refractivity contribution is -0.220. The summed E-state index contributed by atoms with van der Waals surface area (Å²) in [7, 11) is 1.50. The highest BCUT2D eigenvalue weighted by molar-refractivity contribution is 5.84. The maximum atomic E-state index is 13.1. The van der Waals surface area contributed by atoms with Gasteiger partial charge in [0.25, 0.3) is 0 Å². The third kappa shape index (κ3) is 6.59. The van der Waals surface area contributed by atoms with Gasteiger partial charge in [-0.25, -0.2) is 9.59 Å². The van der Waals surface area contributed by atoms with Crippen molar-refractivity contribution >= 4 is 18.1 Å². The van der Waals surface area contributed by atoms with E-state index in [1.807, 2.05) is 0 Å². The Balaban J connectivity index is 1.67. The first kappa shape index (κ1) is 27.1. The molecule has 0 aromatic heterocycles. The van der Waals surface area contributed by atoms with Crippen LogP contribution < -0.4 is 15.4 Å². The van der Waals surface area contributed by atoms with Gasteiger partial charge in [0.15, 0.2) is 5.72 Å². The number of nitriles is 1. The molecule has 0 bridgehead atoms. The molecular formula is C26H36N4O6. The minimum absolute atomic E-state index is 0.0284. The lowest BCUT2D eigenvalue weighted by Crippen LogP contribution is -2.69. The highest BCUT2D eigenvalue weighted by atomic mass is 16.6. The summed E-state index contributed by atoms with van der Waals surface area (Å²) in [5.74, 6) is 0.199. The molecule has 1 atom stereocenters. The van der Waals surface area contributed by atoms with Crippen molar-refractivity contribution < 1.29 is 28.6 Å². The maximum Gasteiger partial charge on any atom is 0.409 e. The molecule has 0 spiro atoms. The van der Waals surface area contributed by atoms with E-state index in [0.29, 0.717) is 29.8 Å². The zero-order valence-corrected chi connectivity index (χ0v) is 21.5. The highest BCUT2D eigenvalue weighted by Crippen LogP contribution is 2.45. The van der Waals surface area contributed by atoms with Gasteiger partial charge in [-0.15, -0.1) is 0 Å². The van der Waals surface area contributed by atoms with Crippen LogP contribution in [0.25, 0.3) is 0 Å². The first-order valence-corrected chi connectivity index (χ1v) is 12.4. The predicted molar refractivity (Wildman–Crippen MR) is 131 cm³/mol. The molecule has 0 radical (unpaired) electrons. The van der Waals surface area contributed by atoms with Crippen molar-refractivity contribution in [3.8, 4) is 11.8 Å².